The number of para-hydroxylation sites is 4. The Hall–Kier alpha value is -3.93. The molecule has 0 saturated carbocycles. The summed E-state index contributed by atoms with van der Waals surface area (Å²) in [7, 11) is 0. The Labute approximate surface area is 205 Å². The largest absolute Gasteiger partial charge is 0.318 e. The van der Waals surface area contributed by atoms with Gasteiger partial charge in [-0.3, -0.25) is 9.59 Å². The fraction of sp³-hybridized carbons (Fsp3) is 0.276. The first-order chi connectivity index (χ1) is 16.9. The van der Waals surface area contributed by atoms with Crippen LogP contribution in [0, 0.1) is 6.92 Å². The lowest BCUT2D eigenvalue weighted by atomic mass is 10.1. The Morgan fingerprint density at radius 2 is 1.69 bits per heavy atom. The maximum atomic E-state index is 13.7. The van der Waals surface area contributed by atoms with E-state index in [9.17, 15) is 9.59 Å². The van der Waals surface area contributed by atoms with Crippen LogP contribution >= 0.6 is 0 Å². The van der Waals surface area contributed by atoms with Crippen molar-refractivity contribution in [3.63, 3.8) is 0 Å². The average molecular weight is 467 g/mol. The van der Waals surface area contributed by atoms with Gasteiger partial charge in [0.1, 0.15) is 12.4 Å². The first-order valence-corrected chi connectivity index (χ1v) is 12.1. The molecular formula is C29H30N4O2. The van der Waals surface area contributed by atoms with E-state index in [-0.39, 0.29) is 30.3 Å². The van der Waals surface area contributed by atoms with Crippen molar-refractivity contribution < 1.29 is 9.59 Å². The van der Waals surface area contributed by atoms with E-state index in [4.69, 9.17) is 4.98 Å². The number of imidazole rings is 1. The normalized spacial score (nSPS) is 15.8. The molecule has 6 nitrogen and oxygen atoms in total. The lowest BCUT2D eigenvalue weighted by Gasteiger charge is -2.28. The number of amides is 2. The molecule has 0 aliphatic carbocycles. The van der Waals surface area contributed by atoms with E-state index >= 15 is 0 Å². The van der Waals surface area contributed by atoms with Crippen LogP contribution < -0.4 is 9.80 Å². The van der Waals surface area contributed by atoms with Crippen LogP contribution in [0.2, 0.25) is 0 Å². The van der Waals surface area contributed by atoms with E-state index in [0.29, 0.717) is 13.0 Å². The van der Waals surface area contributed by atoms with E-state index < -0.39 is 0 Å². The zero-order valence-corrected chi connectivity index (χ0v) is 20.4. The van der Waals surface area contributed by atoms with Gasteiger partial charge >= 0.3 is 0 Å². The number of aryl methyl sites for hydroxylation is 1. The number of hydrogen-bond acceptors (Lipinski definition) is 3. The second kappa shape index (κ2) is 9.37. The predicted octanol–water partition coefficient (Wildman–Crippen LogP) is 5.31. The van der Waals surface area contributed by atoms with Crippen LogP contribution in [0.15, 0.2) is 78.9 Å². The van der Waals surface area contributed by atoms with Gasteiger partial charge < -0.3 is 14.4 Å². The van der Waals surface area contributed by atoms with Gasteiger partial charge in [0.25, 0.3) is 0 Å². The molecule has 35 heavy (non-hydrogen) atoms. The van der Waals surface area contributed by atoms with Gasteiger partial charge in [0.15, 0.2) is 0 Å². The fourth-order valence-corrected chi connectivity index (χ4v) is 5.08. The smallest absolute Gasteiger partial charge is 0.247 e. The fourth-order valence-electron chi connectivity index (χ4n) is 5.08. The second-order valence-electron chi connectivity index (χ2n) is 9.43. The average Bonchev–Trinajstić information content (AvgIpc) is 3.40. The maximum absolute atomic E-state index is 13.7. The Morgan fingerprint density at radius 3 is 2.43 bits per heavy atom. The SMILES string of the molecule is Cc1ccccc1N1C[C@H](c2nc3ccccc3n2CC(=O)N(c2ccccc2)C(C)C)CC1=O. The molecule has 1 aliphatic heterocycles. The highest BCUT2D eigenvalue weighted by atomic mass is 16.2. The van der Waals surface area contributed by atoms with Crippen molar-refractivity contribution in [3.05, 3.63) is 90.3 Å². The molecule has 0 N–H and O–H groups in total. The van der Waals surface area contributed by atoms with Gasteiger partial charge in [-0.2, -0.15) is 0 Å². The molecule has 5 rings (SSSR count). The maximum Gasteiger partial charge on any atom is 0.247 e. The monoisotopic (exact) mass is 466 g/mol. The van der Waals surface area contributed by atoms with E-state index in [1.807, 2.05) is 114 Å². The second-order valence-corrected chi connectivity index (χ2v) is 9.43. The summed E-state index contributed by atoms with van der Waals surface area (Å²) < 4.78 is 2.01. The van der Waals surface area contributed by atoms with Crippen LogP contribution in [0.5, 0.6) is 0 Å². The van der Waals surface area contributed by atoms with Crippen LogP contribution in [0.4, 0.5) is 11.4 Å². The van der Waals surface area contributed by atoms with Crippen molar-refractivity contribution in [1.82, 2.24) is 9.55 Å². The molecule has 3 aromatic carbocycles. The van der Waals surface area contributed by atoms with E-state index in [1.165, 1.54) is 0 Å². The van der Waals surface area contributed by atoms with Crippen molar-refractivity contribution >= 4 is 34.2 Å². The predicted molar refractivity (Wildman–Crippen MR) is 140 cm³/mol. The molecule has 0 radical (unpaired) electrons. The van der Waals surface area contributed by atoms with Crippen molar-refractivity contribution in [1.29, 1.82) is 0 Å². The van der Waals surface area contributed by atoms with Crippen LogP contribution in [-0.2, 0) is 16.1 Å². The number of anilines is 2. The summed E-state index contributed by atoms with van der Waals surface area (Å²) in [5.41, 5.74) is 4.64. The zero-order chi connectivity index (χ0) is 24.5. The van der Waals surface area contributed by atoms with E-state index in [1.54, 1.807) is 0 Å². The Morgan fingerprint density at radius 1 is 1.00 bits per heavy atom. The summed E-state index contributed by atoms with van der Waals surface area (Å²) in [4.78, 5) is 35.3. The Bertz CT molecular complexity index is 1380. The third-order valence-corrected chi connectivity index (χ3v) is 6.69. The molecule has 178 valence electrons. The van der Waals surface area contributed by atoms with Gasteiger partial charge in [0.05, 0.1) is 11.0 Å². The summed E-state index contributed by atoms with van der Waals surface area (Å²) in [5, 5.41) is 0. The number of rotatable bonds is 6. The molecule has 1 aliphatic rings. The molecule has 6 heteroatoms. The summed E-state index contributed by atoms with van der Waals surface area (Å²) in [6.45, 7) is 6.78. The number of benzene rings is 3. The number of fused-ring (bicyclic) bond motifs is 1. The summed E-state index contributed by atoms with van der Waals surface area (Å²) in [6.07, 6.45) is 0.373. The molecule has 1 atom stereocenters. The van der Waals surface area contributed by atoms with Crippen LogP contribution in [0.25, 0.3) is 11.0 Å². The molecule has 4 aromatic rings. The Balaban J connectivity index is 1.50. The third-order valence-electron chi connectivity index (χ3n) is 6.69. The quantitative estimate of drug-likeness (QED) is 0.387. The summed E-state index contributed by atoms with van der Waals surface area (Å²) in [5.74, 6) is 0.783. The van der Waals surface area contributed by atoms with Crippen LogP contribution in [-0.4, -0.2) is 34.0 Å². The summed E-state index contributed by atoms with van der Waals surface area (Å²) >= 11 is 0. The van der Waals surface area contributed by atoms with Crippen LogP contribution in [0.3, 0.4) is 0 Å². The lowest BCUT2D eigenvalue weighted by Crippen LogP contribution is -2.39. The van der Waals surface area contributed by atoms with Gasteiger partial charge in [-0.05, 0) is 56.7 Å². The molecule has 1 saturated heterocycles. The lowest BCUT2D eigenvalue weighted by molar-refractivity contribution is -0.119. The van der Waals surface area contributed by atoms with Gasteiger partial charge in [-0.15, -0.1) is 0 Å². The first kappa shape index (κ1) is 22.8. The number of nitrogens with zero attached hydrogens (tertiary/aromatic N) is 4. The molecular weight excluding hydrogens is 436 g/mol. The van der Waals surface area contributed by atoms with E-state index in [2.05, 4.69) is 0 Å². The number of aromatic nitrogens is 2. The molecule has 0 unspecified atom stereocenters. The topological polar surface area (TPSA) is 58.4 Å². The molecule has 0 bridgehead atoms. The van der Waals surface area contributed by atoms with Crippen LogP contribution in [0.1, 0.15) is 37.6 Å². The van der Waals surface area contributed by atoms with Gasteiger partial charge in [-0.1, -0.05) is 48.5 Å². The first-order valence-electron chi connectivity index (χ1n) is 12.1. The minimum atomic E-state index is -0.0912. The minimum absolute atomic E-state index is 0.00399. The van der Waals surface area contributed by atoms with Crippen molar-refractivity contribution in [2.75, 3.05) is 16.3 Å². The van der Waals surface area contributed by atoms with Gasteiger partial charge in [-0.25, -0.2) is 4.98 Å². The third kappa shape index (κ3) is 4.32. The molecule has 1 aromatic heterocycles. The van der Waals surface area contributed by atoms with Gasteiger partial charge in [0.2, 0.25) is 11.8 Å². The summed E-state index contributed by atoms with van der Waals surface area (Å²) in [6, 6.07) is 25.6. The zero-order valence-electron chi connectivity index (χ0n) is 20.4. The Kier molecular flexibility index (Phi) is 6.12. The number of carbonyl (C=O) groups is 2. The molecule has 1 fully saturated rings. The molecule has 0 spiro atoms. The molecule has 2 heterocycles. The highest BCUT2D eigenvalue weighted by Crippen LogP contribution is 2.34. The van der Waals surface area contributed by atoms with Crippen molar-refractivity contribution in [3.8, 4) is 0 Å². The minimum Gasteiger partial charge on any atom is -0.318 e. The molecule has 2 amide bonds. The van der Waals surface area contributed by atoms with Gasteiger partial charge in [0, 0.05) is 36.3 Å². The van der Waals surface area contributed by atoms with Crippen molar-refractivity contribution in [2.45, 2.75) is 45.7 Å². The number of carbonyl (C=O) groups excluding carboxylic acids is 2. The number of hydrogen-bond donors (Lipinski definition) is 0. The highest BCUT2D eigenvalue weighted by Gasteiger charge is 2.36. The standard InChI is InChI=1S/C29H30N4O2/c1-20(2)33(23-12-5-4-6-13-23)28(35)19-32-26-16-10-8-14-24(26)30-29(32)22-17-27(34)31(18-22)25-15-9-7-11-21(25)3/h4-16,20,22H,17-19H2,1-3H3/t22-/m1/s1. The van der Waals surface area contributed by atoms with E-state index in [0.717, 1.165) is 33.8 Å². The van der Waals surface area contributed by atoms with Crippen molar-refractivity contribution in [2.24, 2.45) is 0 Å². The highest BCUT2D eigenvalue weighted by molar-refractivity contribution is 5.97.